The molecule has 2 atom stereocenters. The van der Waals surface area contributed by atoms with Crippen LogP contribution < -0.4 is 16.0 Å². The highest BCUT2D eigenvalue weighted by Gasteiger charge is 2.25. The summed E-state index contributed by atoms with van der Waals surface area (Å²) >= 11 is 3.65. The summed E-state index contributed by atoms with van der Waals surface area (Å²) in [5, 5.41) is 4.55. The minimum absolute atomic E-state index is 0.147. The molecular weight excluding hydrogens is 346 g/mol. The molecule has 0 amide bonds. The minimum Gasteiger partial charge on any atom is -0.381 e. The highest BCUT2D eigenvalue weighted by molar-refractivity contribution is 9.10. The summed E-state index contributed by atoms with van der Waals surface area (Å²) in [6.45, 7) is 4.63. The molecule has 3 heterocycles. The second-order valence-corrected chi connectivity index (χ2v) is 6.66. The Hall–Kier alpha value is -1.31. The lowest BCUT2D eigenvalue weighted by Gasteiger charge is -2.21. The van der Waals surface area contributed by atoms with Crippen LogP contribution in [0.4, 0.5) is 11.4 Å². The lowest BCUT2D eigenvalue weighted by molar-refractivity contribution is 0.129. The summed E-state index contributed by atoms with van der Waals surface area (Å²) in [4.78, 5) is 10.0. The molecule has 1 aliphatic heterocycles. The van der Waals surface area contributed by atoms with Crippen molar-refractivity contribution < 1.29 is 4.74 Å². The minimum atomic E-state index is 0.147. The van der Waals surface area contributed by atoms with Crippen molar-refractivity contribution in [1.82, 2.24) is 9.97 Å². The molecule has 120 valence electrons. The first-order chi connectivity index (χ1) is 10.6. The summed E-state index contributed by atoms with van der Waals surface area (Å²) in [7, 11) is 1.72. The molecule has 0 spiro atoms. The number of H-pyrrole nitrogens is 1. The van der Waals surface area contributed by atoms with Crippen LogP contribution in [0.25, 0.3) is 11.0 Å². The molecule has 3 rings (SSSR count). The number of anilines is 2. The molecule has 1 unspecified atom stereocenters. The second kappa shape index (κ2) is 6.44. The highest BCUT2D eigenvalue weighted by Crippen LogP contribution is 2.38. The maximum Gasteiger partial charge on any atom is 0.141 e. The molecule has 0 radical (unpaired) electrons. The predicted octanol–water partition coefficient (Wildman–Crippen LogP) is 2.31. The lowest BCUT2D eigenvalue weighted by Crippen LogP contribution is -2.26. The van der Waals surface area contributed by atoms with Crippen LogP contribution in [0.5, 0.6) is 0 Å². The first-order valence-electron chi connectivity index (χ1n) is 7.53. The largest absolute Gasteiger partial charge is 0.381 e. The maximum absolute atomic E-state index is 6.07. The molecule has 0 bridgehead atoms. The third-order valence-corrected chi connectivity index (χ3v) is 4.73. The van der Waals surface area contributed by atoms with Crippen molar-refractivity contribution in [2.45, 2.75) is 25.5 Å². The van der Waals surface area contributed by atoms with Crippen molar-refractivity contribution in [2.75, 3.05) is 37.0 Å². The molecular formula is C15H22BrN5O. The summed E-state index contributed by atoms with van der Waals surface area (Å²) in [6, 6.07) is 0.235. The number of fused-ring (bicyclic) bond motifs is 1. The molecule has 1 saturated heterocycles. The van der Waals surface area contributed by atoms with Crippen LogP contribution in [0.1, 0.15) is 13.3 Å². The van der Waals surface area contributed by atoms with E-state index in [1.54, 1.807) is 7.11 Å². The van der Waals surface area contributed by atoms with Crippen LogP contribution in [-0.4, -0.2) is 48.9 Å². The Morgan fingerprint density at radius 2 is 2.45 bits per heavy atom. The van der Waals surface area contributed by atoms with Crippen LogP contribution in [0.15, 0.2) is 16.9 Å². The van der Waals surface area contributed by atoms with Crippen LogP contribution in [0, 0.1) is 0 Å². The Morgan fingerprint density at radius 3 is 3.14 bits per heavy atom. The number of aromatic amines is 1. The smallest absolute Gasteiger partial charge is 0.141 e. The van der Waals surface area contributed by atoms with E-state index in [1.807, 2.05) is 19.3 Å². The summed E-state index contributed by atoms with van der Waals surface area (Å²) in [5.41, 5.74) is 9.16. The van der Waals surface area contributed by atoms with Gasteiger partial charge in [-0.25, -0.2) is 4.98 Å². The van der Waals surface area contributed by atoms with Crippen molar-refractivity contribution >= 4 is 38.3 Å². The zero-order valence-corrected chi connectivity index (χ0v) is 14.5. The molecule has 4 N–H and O–H groups in total. The Morgan fingerprint density at radius 1 is 1.64 bits per heavy atom. The SMILES string of the molecule is COC(C)CNc1c[nH]c2ncc(Br)c(N3CC[C@@H](N)C3)c12. The monoisotopic (exact) mass is 367 g/mol. The number of pyridine rings is 1. The van der Waals surface area contributed by atoms with Crippen molar-refractivity contribution in [3.8, 4) is 0 Å². The van der Waals surface area contributed by atoms with E-state index in [0.717, 1.165) is 52.9 Å². The number of nitrogens with one attached hydrogen (secondary N) is 2. The fourth-order valence-electron chi connectivity index (χ4n) is 2.83. The molecule has 2 aromatic heterocycles. The Labute approximate surface area is 138 Å². The topological polar surface area (TPSA) is 79.2 Å². The quantitative estimate of drug-likeness (QED) is 0.755. The third kappa shape index (κ3) is 2.93. The number of hydrogen-bond donors (Lipinski definition) is 3. The van der Waals surface area contributed by atoms with Crippen molar-refractivity contribution in [1.29, 1.82) is 0 Å². The Balaban J connectivity index is 1.98. The fraction of sp³-hybridized carbons (Fsp3) is 0.533. The van der Waals surface area contributed by atoms with Gasteiger partial charge in [-0.2, -0.15) is 0 Å². The van der Waals surface area contributed by atoms with Gasteiger partial charge in [0.1, 0.15) is 5.65 Å². The molecule has 1 aliphatic rings. The van der Waals surface area contributed by atoms with E-state index in [0.29, 0.717) is 0 Å². The van der Waals surface area contributed by atoms with Crippen LogP contribution >= 0.6 is 15.9 Å². The van der Waals surface area contributed by atoms with Gasteiger partial charge >= 0.3 is 0 Å². The third-order valence-electron chi connectivity index (χ3n) is 4.15. The van der Waals surface area contributed by atoms with Gasteiger partial charge in [0.2, 0.25) is 0 Å². The first kappa shape index (κ1) is 15.6. The van der Waals surface area contributed by atoms with E-state index in [-0.39, 0.29) is 12.1 Å². The molecule has 6 nitrogen and oxygen atoms in total. The molecule has 0 saturated carbocycles. The highest BCUT2D eigenvalue weighted by atomic mass is 79.9. The van der Waals surface area contributed by atoms with Gasteiger partial charge in [-0.3, -0.25) is 0 Å². The van der Waals surface area contributed by atoms with Gasteiger partial charge in [-0.1, -0.05) is 0 Å². The number of ether oxygens (including phenoxy) is 1. The van der Waals surface area contributed by atoms with E-state index in [1.165, 1.54) is 0 Å². The van der Waals surface area contributed by atoms with Gasteiger partial charge in [0.25, 0.3) is 0 Å². The number of rotatable bonds is 5. The molecule has 22 heavy (non-hydrogen) atoms. The summed E-state index contributed by atoms with van der Waals surface area (Å²) in [5.74, 6) is 0. The number of methoxy groups -OCH3 is 1. The molecule has 7 heteroatoms. The Bertz CT molecular complexity index is 659. The van der Waals surface area contributed by atoms with Crippen molar-refractivity contribution in [3.63, 3.8) is 0 Å². The van der Waals surface area contributed by atoms with Crippen LogP contribution in [-0.2, 0) is 4.74 Å². The van der Waals surface area contributed by atoms with Crippen molar-refractivity contribution in [3.05, 3.63) is 16.9 Å². The van der Waals surface area contributed by atoms with Gasteiger partial charge in [0.15, 0.2) is 0 Å². The summed E-state index contributed by atoms with van der Waals surface area (Å²) < 4.78 is 6.30. The number of nitrogens with zero attached hydrogens (tertiary/aromatic N) is 2. The second-order valence-electron chi connectivity index (χ2n) is 5.80. The average molecular weight is 368 g/mol. The van der Waals surface area contributed by atoms with Crippen LogP contribution in [0.3, 0.4) is 0 Å². The van der Waals surface area contributed by atoms with E-state index >= 15 is 0 Å². The van der Waals surface area contributed by atoms with E-state index < -0.39 is 0 Å². The van der Waals surface area contributed by atoms with Gasteiger partial charge in [0, 0.05) is 45.2 Å². The maximum atomic E-state index is 6.07. The van der Waals surface area contributed by atoms with Crippen LogP contribution in [0.2, 0.25) is 0 Å². The van der Waals surface area contributed by atoms with E-state index in [4.69, 9.17) is 10.5 Å². The zero-order chi connectivity index (χ0) is 15.7. The van der Waals surface area contributed by atoms with Gasteiger partial charge in [-0.05, 0) is 29.3 Å². The number of nitrogens with two attached hydrogens (primary N) is 1. The Kier molecular flexibility index (Phi) is 4.56. The van der Waals surface area contributed by atoms with Gasteiger partial charge in [-0.15, -0.1) is 0 Å². The zero-order valence-electron chi connectivity index (χ0n) is 12.9. The van der Waals surface area contributed by atoms with Gasteiger partial charge < -0.3 is 25.7 Å². The molecule has 0 aromatic carbocycles. The number of aromatic nitrogens is 2. The average Bonchev–Trinajstić information content (AvgIpc) is 3.11. The standard InChI is InChI=1S/C15H22BrN5O/c1-9(22-2)5-18-12-7-20-15-13(12)14(11(16)6-19-15)21-4-3-10(17)8-21/h6-7,9-10,18H,3-5,8,17H2,1-2H3,(H,19,20)/t9?,10-/m1/s1. The molecule has 1 fully saturated rings. The fourth-order valence-corrected chi connectivity index (χ4v) is 3.38. The first-order valence-corrected chi connectivity index (χ1v) is 8.32. The van der Waals surface area contributed by atoms with Crippen molar-refractivity contribution in [2.24, 2.45) is 5.73 Å². The predicted molar refractivity (Wildman–Crippen MR) is 93.6 cm³/mol. The number of hydrogen-bond acceptors (Lipinski definition) is 5. The summed E-state index contributed by atoms with van der Waals surface area (Å²) in [6.07, 6.45) is 4.98. The van der Waals surface area contributed by atoms with E-state index in [9.17, 15) is 0 Å². The molecule has 2 aromatic rings. The van der Waals surface area contributed by atoms with Gasteiger partial charge in [0.05, 0.1) is 27.3 Å². The van der Waals surface area contributed by atoms with E-state index in [2.05, 4.69) is 36.1 Å². The lowest BCUT2D eigenvalue weighted by atomic mass is 10.2. The number of halogens is 1. The molecule has 0 aliphatic carbocycles. The normalized spacial score (nSPS) is 19.8.